The monoisotopic (exact) mass is 507 g/mol. The van der Waals surface area contributed by atoms with Gasteiger partial charge in [0.05, 0.1) is 17.2 Å². The molecule has 3 heterocycles. The largest absolute Gasteiger partial charge is 0.408 e. The molecule has 5 rings (SSSR count). The standard InChI is InChI=1S/C26H24F3N7O/c1-25(2,14-30)18-4-3-5-20(11-18)36-22-21(23(37)35(36)15-26(27,28)29)13-32-24(34-22)33-19-7-6-17-12-31-9-8-16(17)10-19/h3-7,10-11,13,31H,8-9,12,15H2,1-2H3,(H,32,33,34). The van der Waals surface area contributed by atoms with Gasteiger partial charge in [-0.2, -0.15) is 23.4 Å². The van der Waals surface area contributed by atoms with Crippen LogP contribution in [0.2, 0.25) is 0 Å². The summed E-state index contributed by atoms with van der Waals surface area (Å²) in [5.74, 6) is 0.146. The minimum Gasteiger partial charge on any atom is -0.324 e. The molecule has 0 fully saturated rings. The lowest BCUT2D eigenvalue weighted by molar-refractivity contribution is -0.144. The van der Waals surface area contributed by atoms with Gasteiger partial charge in [-0.05, 0) is 67.8 Å². The maximum absolute atomic E-state index is 13.5. The van der Waals surface area contributed by atoms with Gasteiger partial charge in [-0.15, -0.1) is 0 Å². The molecule has 2 aromatic heterocycles. The molecular formula is C26H24F3N7O. The molecule has 11 heteroatoms. The van der Waals surface area contributed by atoms with Crippen molar-refractivity contribution in [1.29, 1.82) is 5.26 Å². The Morgan fingerprint density at radius 1 is 1.16 bits per heavy atom. The van der Waals surface area contributed by atoms with Crippen LogP contribution >= 0.6 is 0 Å². The summed E-state index contributed by atoms with van der Waals surface area (Å²) in [6.45, 7) is 3.58. The van der Waals surface area contributed by atoms with Crippen molar-refractivity contribution in [3.05, 3.63) is 75.7 Å². The van der Waals surface area contributed by atoms with Crippen LogP contribution in [0.25, 0.3) is 16.7 Å². The summed E-state index contributed by atoms with van der Waals surface area (Å²) in [5.41, 5.74) is 2.28. The third-order valence-electron chi connectivity index (χ3n) is 6.45. The van der Waals surface area contributed by atoms with Gasteiger partial charge in [-0.1, -0.05) is 18.2 Å². The smallest absolute Gasteiger partial charge is 0.324 e. The normalized spacial score (nSPS) is 13.8. The number of nitriles is 1. The van der Waals surface area contributed by atoms with Crippen LogP contribution in [-0.2, 0) is 24.9 Å². The number of hydrogen-bond donors (Lipinski definition) is 2. The predicted molar refractivity (Wildman–Crippen MR) is 133 cm³/mol. The maximum Gasteiger partial charge on any atom is 0.408 e. The average molecular weight is 508 g/mol. The number of aromatic nitrogens is 4. The van der Waals surface area contributed by atoms with Crippen molar-refractivity contribution in [3.8, 4) is 11.8 Å². The zero-order chi connectivity index (χ0) is 26.4. The predicted octanol–water partition coefficient (Wildman–Crippen LogP) is 4.33. The lowest BCUT2D eigenvalue weighted by atomic mass is 9.86. The number of nitrogens with one attached hydrogen (secondary N) is 2. The zero-order valence-electron chi connectivity index (χ0n) is 20.2. The molecule has 0 bridgehead atoms. The van der Waals surface area contributed by atoms with Gasteiger partial charge in [0.25, 0.3) is 5.56 Å². The molecule has 1 aliphatic heterocycles. The number of alkyl halides is 3. The quantitative estimate of drug-likeness (QED) is 0.417. The first kappa shape index (κ1) is 24.5. The molecule has 8 nitrogen and oxygen atoms in total. The molecule has 0 spiro atoms. The second-order valence-electron chi connectivity index (χ2n) is 9.54. The van der Waals surface area contributed by atoms with Crippen molar-refractivity contribution in [2.75, 3.05) is 11.9 Å². The van der Waals surface area contributed by atoms with E-state index in [0.29, 0.717) is 10.2 Å². The van der Waals surface area contributed by atoms with Crippen LogP contribution in [0, 0.1) is 11.3 Å². The summed E-state index contributed by atoms with van der Waals surface area (Å²) < 4.78 is 42.3. The third kappa shape index (κ3) is 4.80. The van der Waals surface area contributed by atoms with Crippen LogP contribution in [0.5, 0.6) is 0 Å². The van der Waals surface area contributed by atoms with Crippen molar-refractivity contribution < 1.29 is 13.2 Å². The fourth-order valence-electron chi connectivity index (χ4n) is 4.44. The van der Waals surface area contributed by atoms with Crippen LogP contribution in [0.3, 0.4) is 0 Å². The van der Waals surface area contributed by atoms with E-state index in [2.05, 4.69) is 26.7 Å². The van der Waals surface area contributed by atoms with Crippen molar-refractivity contribution in [1.82, 2.24) is 24.6 Å². The van der Waals surface area contributed by atoms with Crippen molar-refractivity contribution >= 4 is 22.7 Å². The van der Waals surface area contributed by atoms with E-state index in [-0.39, 0.29) is 22.7 Å². The Morgan fingerprint density at radius 2 is 1.97 bits per heavy atom. The van der Waals surface area contributed by atoms with E-state index in [1.54, 1.807) is 38.1 Å². The Hall–Kier alpha value is -4.17. The Kier molecular flexibility index (Phi) is 6.00. The van der Waals surface area contributed by atoms with Crippen molar-refractivity contribution in [2.24, 2.45) is 0 Å². The molecule has 0 aliphatic carbocycles. The number of benzene rings is 2. The summed E-state index contributed by atoms with van der Waals surface area (Å²) in [5, 5.41) is 15.9. The van der Waals surface area contributed by atoms with Crippen molar-refractivity contribution in [3.63, 3.8) is 0 Å². The molecule has 0 unspecified atom stereocenters. The van der Waals surface area contributed by atoms with Gasteiger partial charge in [0.15, 0.2) is 5.65 Å². The van der Waals surface area contributed by atoms with Crippen molar-refractivity contribution in [2.45, 2.75) is 44.9 Å². The van der Waals surface area contributed by atoms with E-state index in [1.165, 1.54) is 17.3 Å². The fourth-order valence-corrected chi connectivity index (χ4v) is 4.44. The molecule has 0 radical (unpaired) electrons. The number of nitrogens with zero attached hydrogens (tertiary/aromatic N) is 5. The van der Waals surface area contributed by atoms with Crippen LogP contribution in [-0.4, -0.2) is 32.1 Å². The van der Waals surface area contributed by atoms with Crippen LogP contribution in [0.1, 0.15) is 30.5 Å². The Morgan fingerprint density at radius 3 is 2.73 bits per heavy atom. The Labute approximate surface area is 210 Å². The van der Waals surface area contributed by atoms with E-state index in [1.807, 2.05) is 18.2 Å². The first-order chi connectivity index (χ1) is 17.6. The summed E-state index contributed by atoms with van der Waals surface area (Å²) >= 11 is 0. The number of anilines is 2. The molecule has 2 aromatic carbocycles. The molecule has 1 aliphatic rings. The van der Waals surface area contributed by atoms with Gasteiger partial charge >= 0.3 is 6.18 Å². The molecule has 0 atom stereocenters. The molecule has 37 heavy (non-hydrogen) atoms. The van der Waals surface area contributed by atoms with E-state index in [0.717, 1.165) is 29.9 Å². The molecule has 0 saturated heterocycles. The summed E-state index contributed by atoms with van der Waals surface area (Å²) in [7, 11) is 0. The molecule has 2 N–H and O–H groups in total. The van der Waals surface area contributed by atoms with E-state index >= 15 is 0 Å². The van der Waals surface area contributed by atoms with Gasteiger partial charge in [0.1, 0.15) is 11.9 Å². The molecule has 4 aromatic rings. The summed E-state index contributed by atoms with van der Waals surface area (Å²) in [4.78, 5) is 21.7. The van der Waals surface area contributed by atoms with Crippen LogP contribution in [0.4, 0.5) is 24.8 Å². The molecular weight excluding hydrogens is 483 g/mol. The van der Waals surface area contributed by atoms with Crippen LogP contribution < -0.4 is 16.2 Å². The van der Waals surface area contributed by atoms with Gasteiger partial charge in [0, 0.05) is 18.4 Å². The second kappa shape index (κ2) is 9.05. The summed E-state index contributed by atoms with van der Waals surface area (Å²) in [6, 6.07) is 14.6. The van der Waals surface area contributed by atoms with Crippen LogP contribution in [0.15, 0.2) is 53.5 Å². The highest BCUT2D eigenvalue weighted by Crippen LogP contribution is 2.27. The third-order valence-corrected chi connectivity index (χ3v) is 6.45. The lowest BCUT2D eigenvalue weighted by Crippen LogP contribution is -2.30. The fraction of sp³-hybridized carbons (Fsp3) is 0.308. The minimum absolute atomic E-state index is 0.0285. The molecule has 0 saturated carbocycles. The SMILES string of the molecule is CC(C)(C#N)c1cccc(-n2c3nc(Nc4ccc5c(c4)CCNC5)ncc3c(=O)n2CC(F)(F)F)c1. The van der Waals surface area contributed by atoms with E-state index in [9.17, 15) is 23.2 Å². The number of rotatable bonds is 5. The van der Waals surface area contributed by atoms with Gasteiger partial charge in [0.2, 0.25) is 5.95 Å². The Bertz CT molecular complexity index is 1590. The van der Waals surface area contributed by atoms with E-state index in [4.69, 9.17) is 0 Å². The highest BCUT2D eigenvalue weighted by atomic mass is 19.4. The first-order valence-electron chi connectivity index (χ1n) is 11.7. The lowest BCUT2D eigenvalue weighted by Gasteiger charge is -2.19. The highest BCUT2D eigenvalue weighted by Gasteiger charge is 2.32. The summed E-state index contributed by atoms with van der Waals surface area (Å²) in [6.07, 6.45) is -2.53. The van der Waals surface area contributed by atoms with Gasteiger partial charge in [-0.3, -0.25) is 4.79 Å². The van der Waals surface area contributed by atoms with Gasteiger partial charge < -0.3 is 10.6 Å². The van der Waals surface area contributed by atoms with Gasteiger partial charge in [-0.25, -0.2) is 14.3 Å². The number of halogens is 3. The zero-order valence-corrected chi connectivity index (χ0v) is 20.2. The first-order valence-corrected chi connectivity index (χ1v) is 11.7. The minimum atomic E-state index is -4.65. The number of fused-ring (bicyclic) bond motifs is 2. The molecule has 190 valence electrons. The molecule has 0 amide bonds. The Balaban J connectivity index is 1.65. The highest BCUT2D eigenvalue weighted by molar-refractivity contribution is 5.77. The van der Waals surface area contributed by atoms with E-state index < -0.39 is 23.7 Å². The topological polar surface area (TPSA) is 101 Å². The average Bonchev–Trinajstić information content (AvgIpc) is 3.13. The second-order valence-corrected chi connectivity index (χ2v) is 9.54. The number of hydrogen-bond acceptors (Lipinski definition) is 6. The maximum atomic E-state index is 13.5.